The van der Waals surface area contributed by atoms with Crippen molar-refractivity contribution < 1.29 is 9.32 Å². The fraction of sp³-hybridized carbons (Fsp3) is 0.217. The Morgan fingerprint density at radius 3 is 2.68 bits per heavy atom. The maximum Gasteiger partial charge on any atom is 0.439 e. The number of anilines is 1. The Hall–Kier alpha value is -3.94. The lowest BCUT2D eigenvalue weighted by Gasteiger charge is -2.06. The Bertz CT molecular complexity index is 1290. The van der Waals surface area contributed by atoms with Crippen molar-refractivity contribution in [3.05, 3.63) is 82.1 Å². The van der Waals surface area contributed by atoms with Crippen LogP contribution in [-0.4, -0.2) is 25.8 Å². The number of benzene rings is 2. The van der Waals surface area contributed by atoms with Crippen LogP contribution in [0.2, 0.25) is 0 Å². The van der Waals surface area contributed by atoms with Crippen molar-refractivity contribution in [1.82, 2.24) is 19.9 Å². The van der Waals surface area contributed by atoms with Gasteiger partial charge in [-0.1, -0.05) is 41.9 Å². The van der Waals surface area contributed by atoms with E-state index in [0.717, 1.165) is 49.0 Å². The van der Waals surface area contributed by atoms with E-state index in [2.05, 4.69) is 20.0 Å². The lowest BCUT2D eigenvalue weighted by molar-refractivity contribution is 0.102. The topological polar surface area (TPSA) is 106 Å². The number of nitrogens with one attached hydrogen (secondary N) is 2. The molecule has 2 aromatic heterocycles. The van der Waals surface area contributed by atoms with Crippen LogP contribution < -0.4 is 11.1 Å². The number of hydrogen-bond acceptors (Lipinski definition) is 5. The number of carbonyl (C=O) groups is 1. The summed E-state index contributed by atoms with van der Waals surface area (Å²) >= 11 is 0. The first-order valence-corrected chi connectivity index (χ1v) is 10.3. The normalized spacial score (nSPS) is 13.4. The second-order valence-electron chi connectivity index (χ2n) is 7.56. The molecule has 0 bridgehead atoms. The molecule has 2 aromatic carbocycles. The van der Waals surface area contributed by atoms with Crippen molar-refractivity contribution in [2.24, 2.45) is 0 Å². The summed E-state index contributed by atoms with van der Waals surface area (Å²) in [6.45, 7) is 0. The highest BCUT2D eigenvalue weighted by Gasteiger charge is 2.25. The zero-order valence-corrected chi connectivity index (χ0v) is 16.8. The fourth-order valence-corrected chi connectivity index (χ4v) is 4.03. The first kappa shape index (κ1) is 19.0. The van der Waals surface area contributed by atoms with Crippen molar-refractivity contribution in [3.8, 4) is 17.1 Å². The number of para-hydroxylation sites is 1. The summed E-state index contributed by atoms with van der Waals surface area (Å²) in [4.78, 5) is 27.0. The first-order valence-electron chi connectivity index (χ1n) is 10.3. The van der Waals surface area contributed by atoms with E-state index in [9.17, 15) is 9.59 Å². The second-order valence-corrected chi connectivity index (χ2v) is 7.56. The summed E-state index contributed by atoms with van der Waals surface area (Å²) in [6, 6.07) is 17.0. The smallest absolute Gasteiger partial charge is 0.321 e. The second kappa shape index (κ2) is 8.06. The Morgan fingerprint density at radius 2 is 1.87 bits per heavy atom. The number of aromatic amines is 1. The van der Waals surface area contributed by atoms with Gasteiger partial charge >= 0.3 is 5.76 Å². The van der Waals surface area contributed by atoms with Gasteiger partial charge in [-0.25, -0.2) is 9.48 Å². The molecule has 5 rings (SSSR count). The number of hydrogen-bond donors (Lipinski definition) is 2. The summed E-state index contributed by atoms with van der Waals surface area (Å²) < 4.78 is 6.48. The minimum absolute atomic E-state index is 0.251. The highest BCUT2D eigenvalue weighted by Crippen LogP contribution is 2.27. The minimum atomic E-state index is -0.626. The molecule has 1 aliphatic rings. The lowest BCUT2D eigenvalue weighted by Crippen LogP contribution is -2.15. The fourth-order valence-electron chi connectivity index (χ4n) is 4.03. The molecule has 31 heavy (non-hydrogen) atoms. The predicted octanol–water partition coefficient (Wildman–Crippen LogP) is 3.74. The largest absolute Gasteiger partial charge is 0.439 e. The van der Waals surface area contributed by atoms with Gasteiger partial charge in [0.2, 0.25) is 0 Å². The van der Waals surface area contributed by atoms with E-state index in [4.69, 9.17) is 5.10 Å². The number of H-pyrrole nitrogens is 1. The Labute approximate surface area is 177 Å². The molecule has 0 fully saturated rings. The molecular formula is C23H21N5O3. The van der Waals surface area contributed by atoms with E-state index >= 15 is 0 Å². The molecule has 2 heterocycles. The summed E-state index contributed by atoms with van der Waals surface area (Å²) in [5.74, 6) is -0.569. The van der Waals surface area contributed by atoms with Crippen molar-refractivity contribution in [3.63, 3.8) is 0 Å². The maximum absolute atomic E-state index is 13.2. The van der Waals surface area contributed by atoms with Crippen LogP contribution in [0.1, 0.15) is 41.0 Å². The average molecular weight is 415 g/mol. The van der Waals surface area contributed by atoms with Gasteiger partial charge in [0.1, 0.15) is 0 Å². The van der Waals surface area contributed by atoms with Gasteiger partial charge in [-0.2, -0.15) is 5.10 Å². The molecule has 156 valence electrons. The van der Waals surface area contributed by atoms with Crippen LogP contribution >= 0.6 is 0 Å². The van der Waals surface area contributed by atoms with Crippen LogP contribution in [0, 0.1) is 0 Å². The Balaban J connectivity index is 1.48. The third-order valence-electron chi connectivity index (χ3n) is 5.48. The SMILES string of the molecule is O=C(Nc1cccc(-c2noc(=O)[nH]2)c1)c1nn(-c2ccccc2)c2c1CCCCC2. The summed E-state index contributed by atoms with van der Waals surface area (Å²) in [5.41, 5.74) is 4.77. The van der Waals surface area contributed by atoms with Gasteiger partial charge in [0.25, 0.3) is 5.91 Å². The average Bonchev–Trinajstić information content (AvgIpc) is 3.30. The van der Waals surface area contributed by atoms with Gasteiger partial charge in [-0.3, -0.25) is 14.3 Å². The van der Waals surface area contributed by atoms with Gasteiger partial charge in [0.15, 0.2) is 11.5 Å². The van der Waals surface area contributed by atoms with E-state index < -0.39 is 5.76 Å². The molecule has 0 atom stereocenters. The number of rotatable bonds is 4. The Morgan fingerprint density at radius 1 is 1.03 bits per heavy atom. The summed E-state index contributed by atoms with van der Waals surface area (Å²) in [5, 5.41) is 11.4. The molecular weight excluding hydrogens is 394 g/mol. The highest BCUT2D eigenvalue weighted by molar-refractivity contribution is 6.04. The summed E-state index contributed by atoms with van der Waals surface area (Å²) in [6.07, 6.45) is 5.01. The van der Waals surface area contributed by atoms with Crippen LogP contribution in [0.25, 0.3) is 17.1 Å². The number of fused-ring (bicyclic) bond motifs is 1. The van der Waals surface area contributed by atoms with Crippen molar-refractivity contribution in [2.75, 3.05) is 5.32 Å². The minimum Gasteiger partial charge on any atom is -0.321 e. The molecule has 0 spiro atoms. The molecule has 1 amide bonds. The third kappa shape index (κ3) is 3.79. The first-order chi connectivity index (χ1) is 15.2. The summed E-state index contributed by atoms with van der Waals surface area (Å²) in [7, 11) is 0. The van der Waals surface area contributed by atoms with Crippen LogP contribution in [0.4, 0.5) is 5.69 Å². The zero-order chi connectivity index (χ0) is 21.2. The van der Waals surface area contributed by atoms with Crippen molar-refractivity contribution in [1.29, 1.82) is 0 Å². The molecule has 0 saturated carbocycles. The molecule has 0 saturated heterocycles. The molecule has 0 radical (unpaired) electrons. The number of carbonyl (C=O) groups excluding carboxylic acids is 1. The van der Waals surface area contributed by atoms with E-state index in [-0.39, 0.29) is 5.91 Å². The number of aromatic nitrogens is 4. The third-order valence-corrected chi connectivity index (χ3v) is 5.48. The molecule has 8 heteroatoms. The molecule has 0 unspecified atom stereocenters. The van der Waals surface area contributed by atoms with E-state index in [1.807, 2.05) is 35.0 Å². The molecule has 2 N–H and O–H groups in total. The van der Waals surface area contributed by atoms with Crippen LogP contribution in [0.15, 0.2) is 63.9 Å². The van der Waals surface area contributed by atoms with Gasteiger partial charge < -0.3 is 5.32 Å². The highest BCUT2D eigenvalue weighted by atomic mass is 16.5. The number of nitrogens with zero attached hydrogens (tertiary/aromatic N) is 3. The molecule has 0 aliphatic heterocycles. The van der Waals surface area contributed by atoms with Gasteiger partial charge in [-0.05, 0) is 49.9 Å². The van der Waals surface area contributed by atoms with Gasteiger partial charge in [-0.15, -0.1) is 0 Å². The predicted molar refractivity (Wildman–Crippen MR) is 115 cm³/mol. The van der Waals surface area contributed by atoms with Crippen molar-refractivity contribution >= 4 is 11.6 Å². The van der Waals surface area contributed by atoms with E-state index in [1.54, 1.807) is 24.3 Å². The lowest BCUT2D eigenvalue weighted by atomic mass is 10.1. The monoisotopic (exact) mass is 415 g/mol. The van der Waals surface area contributed by atoms with Crippen LogP contribution in [0.5, 0.6) is 0 Å². The quantitative estimate of drug-likeness (QED) is 0.494. The molecule has 1 aliphatic carbocycles. The zero-order valence-electron chi connectivity index (χ0n) is 16.8. The molecule has 8 nitrogen and oxygen atoms in total. The Kier molecular flexibility index (Phi) is 4.95. The van der Waals surface area contributed by atoms with E-state index in [1.165, 1.54) is 0 Å². The van der Waals surface area contributed by atoms with Gasteiger partial charge in [0.05, 0.1) is 5.69 Å². The standard InChI is InChI=1S/C23H21N5O3/c29-22(24-16-9-7-8-15(14-16)21-25-23(30)31-27-21)20-18-12-5-2-6-13-19(18)28(26-20)17-10-3-1-4-11-17/h1,3-4,7-11,14H,2,5-6,12-13H2,(H,24,29)(H,25,27,30). The number of amides is 1. The maximum atomic E-state index is 13.2. The van der Waals surface area contributed by atoms with Gasteiger partial charge in [0, 0.05) is 22.5 Å². The van der Waals surface area contributed by atoms with E-state index in [0.29, 0.717) is 22.8 Å². The van der Waals surface area contributed by atoms with Crippen molar-refractivity contribution in [2.45, 2.75) is 32.1 Å². The van der Waals surface area contributed by atoms with Crippen LogP contribution in [0.3, 0.4) is 0 Å². The van der Waals surface area contributed by atoms with Crippen LogP contribution in [-0.2, 0) is 12.8 Å². The molecule has 4 aromatic rings.